The molecule has 2 N–H and O–H groups in total. The standard InChI is InChI=1S/C18H16N6O2/c1-18(2)16(25)15(12-7-11(8-19)3-4-14(12)26-18)24-17(23-10-20)13-9-21-5-6-22-13/h3-7,9,15-16,25H,1-2H3,(H,23,24)/t15-,16+/m1/s1. The van der Waals surface area contributed by atoms with Crippen molar-refractivity contribution in [3.8, 4) is 18.0 Å². The average Bonchev–Trinajstić information content (AvgIpc) is 2.65. The van der Waals surface area contributed by atoms with Crippen LogP contribution in [0.3, 0.4) is 0 Å². The van der Waals surface area contributed by atoms with Gasteiger partial charge in [0.05, 0.1) is 17.8 Å². The first-order chi connectivity index (χ1) is 12.5. The first-order valence-electron chi connectivity index (χ1n) is 7.86. The number of aliphatic imine (C=N–C) groups is 1. The van der Waals surface area contributed by atoms with Crippen molar-refractivity contribution < 1.29 is 9.84 Å². The molecule has 0 unspecified atom stereocenters. The molecule has 0 spiro atoms. The Balaban J connectivity index is 2.15. The van der Waals surface area contributed by atoms with Gasteiger partial charge in [0.1, 0.15) is 29.2 Å². The average molecular weight is 348 g/mol. The minimum absolute atomic E-state index is 0.177. The summed E-state index contributed by atoms with van der Waals surface area (Å²) in [5, 5.41) is 31.5. The Morgan fingerprint density at radius 3 is 2.81 bits per heavy atom. The second kappa shape index (κ2) is 6.79. The van der Waals surface area contributed by atoms with Crippen molar-refractivity contribution in [3.05, 3.63) is 53.6 Å². The monoisotopic (exact) mass is 348 g/mol. The first kappa shape index (κ1) is 17.3. The number of amidine groups is 1. The second-order valence-electron chi connectivity index (χ2n) is 6.26. The molecule has 0 aliphatic carbocycles. The number of hydrogen-bond donors (Lipinski definition) is 2. The third-order valence-corrected chi connectivity index (χ3v) is 4.09. The lowest BCUT2D eigenvalue weighted by atomic mass is 9.86. The van der Waals surface area contributed by atoms with Gasteiger partial charge < -0.3 is 9.84 Å². The molecule has 0 radical (unpaired) electrons. The first-order valence-corrected chi connectivity index (χ1v) is 7.86. The van der Waals surface area contributed by atoms with Crippen molar-refractivity contribution in [1.29, 1.82) is 10.5 Å². The fourth-order valence-corrected chi connectivity index (χ4v) is 2.75. The molecule has 1 aliphatic heterocycles. The highest BCUT2D eigenvalue weighted by molar-refractivity contribution is 5.97. The van der Waals surface area contributed by atoms with E-state index >= 15 is 0 Å². The van der Waals surface area contributed by atoms with E-state index in [0.29, 0.717) is 22.6 Å². The molecule has 2 aromatic rings. The van der Waals surface area contributed by atoms with Gasteiger partial charge in [-0.15, -0.1) is 0 Å². The van der Waals surface area contributed by atoms with Crippen LogP contribution in [0.4, 0.5) is 0 Å². The summed E-state index contributed by atoms with van der Waals surface area (Å²) in [4.78, 5) is 12.6. The minimum Gasteiger partial charge on any atom is -0.485 e. The topological polar surface area (TPSA) is 127 Å². The van der Waals surface area contributed by atoms with Gasteiger partial charge in [-0.3, -0.25) is 15.3 Å². The summed E-state index contributed by atoms with van der Waals surface area (Å²) in [6.45, 7) is 3.50. The SMILES string of the molecule is CC1(C)Oc2ccc(C#N)cc2[C@@H](N=C(NC#N)c2cnccn2)[C@@H]1O. The maximum absolute atomic E-state index is 10.8. The summed E-state index contributed by atoms with van der Waals surface area (Å²) in [5.41, 5.74) is 0.449. The van der Waals surface area contributed by atoms with Crippen molar-refractivity contribution >= 4 is 5.84 Å². The maximum atomic E-state index is 10.8. The van der Waals surface area contributed by atoms with Gasteiger partial charge in [0, 0.05) is 18.0 Å². The molecule has 0 bridgehead atoms. The van der Waals surface area contributed by atoms with Gasteiger partial charge >= 0.3 is 0 Å². The number of nitrogens with zero attached hydrogens (tertiary/aromatic N) is 5. The number of rotatable bonds is 2. The fraction of sp³-hybridized carbons (Fsp3) is 0.278. The molecule has 0 saturated carbocycles. The van der Waals surface area contributed by atoms with Gasteiger partial charge in [0.2, 0.25) is 0 Å². The van der Waals surface area contributed by atoms with E-state index in [1.807, 2.05) is 6.19 Å². The van der Waals surface area contributed by atoms with Crippen LogP contribution in [-0.4, -0.2) is 32.6 Å². The van der Waals surface area contributed by atoms with Crippen molar-refractivity contribution in [2.75, 3.05) is 0 Å². The number of hydrogen-bond acceptors (Lipinski definition) is 7. The minimum atomic E-state index is -1.00. The predicted octanol–water partition coefficient (Wildman–Crippen LogP) is 1.44. The van der Waals surface area contributed by atoms with Gasteiger partial charge in [0.25, 0.3) is 0 Å². The van der Waals surface area contributed by atoms with Crippen LogP contribution in [0.2, 0.25) is 0 Å². The Labute approximate surface area is 150 Å². The molecule has 0 fully saturated rings. The quantitative estimate of drug-likeness (QED) is 0.364. The van der Waals surface area contributed by atoms with Crippen LogP contribution in [-0.2, 0) is 0 Å². The highest BCUT2D eigenvalue weighted by Gasteiger charge is 2.43. The molecular formula is C18H16N6O2. The zero-order chi connectivity index (χ0) is 18.7. The van der Waals surface area contributed by atoms with Gasteiger partial charge in [-0.1, -0.05) is 0 Å². The number of aliphatic hydroxyl groups excluding tert-OH is 1. The molecule has 0 amide bonds. The number of nitriles is 2. The predicted molar refractivity (Wildman–Crippen MR) is 91.9 cm³/mol. The van der Waals surface area contributed by atoms with Crippen molar-refractivity contribution in [1.82, 2.24) is 15.3 Å². The van der Waals surface area contributed by atoms with Crippen LogP contribution in [0, 0.1) is 22.8 Å². The lowest BCUT2D eigenvalue weighted by molar-refractivity contribution is -0.0567. The van der Waals surface area contributed by atoms with Gasteiger partial charge in [-0.05, 0) is 32.0 Å². The Bertz CT molecular complexity index is 927. The fourth-order valence-electron chi connectivity index (χ4n) is 2.75. The van der Waals surface area contributed by atoms with Crippen LogP contribution >= 0.6 is 0 Å². The van der Waals surface area contributed by atoms with E-state index in [1.54, 1.807) is 32.0 Å². The lowest BCUT2D eigenvalue weighted by Gasteiger charge is -2.40. The number of benzene rings is 1. The molecule has 1 aliphatic rings. The highest BCUT2D eigenvalue weighted by atomic mass is 16.5. The Morgan fingerprint density at radius 2 is 2.15 bits per heavy atom. The highest BCUT2D eigenvalue weighted by Crippen LogP contribution is 2.42. The summed E-state index contributed by atoms with van der Waals surface area (Å²) in [5.74, 6) is 0.708. The smallest absolute Gasteiger partial charge is 0.182 e. The van der Waals surface area contributed by atoms with Gasteiger partial charge in [-0.2, -0.15) is 10.5 Å². The van der Waals surface area contributed by atoms with E-state index in [-0.39, 0.29) is 5.84 Å². The number of fused-ring (bicyclic) bond motifs is 1. The molecule has 1 aromatic carbocycles. The zero-order valence-corrected chi connectivity index (χ0v) is 14.2. The lowest BCUT2D eigenvalue weighted by Crippen LogP contribution is -2.48. The molecule has 130 valence electrons. The van der Waals surface area contributed by atoms with Crippen LogP contribution in [0.5, 0.6) is 5.75 Å². The largest absolute Gasteiger partial charge is 0.485 e. The number of ether oxygens (including phenoxy) is 1. The molecule has 1 aromatic heterocycles. The molecular weight excluding hydrogens is 332 g/mol. The summed E-state index contributed by atoms with van der Waals surface area (Å²) in [6, 6.07) is 6.27. The normalized spacial score (nSPS) is 20.9. The van der Waals surface area contributed by atoms with Crippen LogP contribution in [0.25, 0.3) is 0 Å². The van der Waals surface area contributed by atoms with Crippen molar-refractivity contribution in [2.24, 2.45) is 4.99 Å². The van der Waals surface area contributed by atoms with Crippen molar-refractivity contribution in [3.63, 3.8) is 0 Å². The summed E-state index contributed by atoms with van der Waals surface area (Å²) < 4.78 is 5.87. The van der Waals surface area contributed by atoms with Crippen LogP contribution in [0.15, 0.2) is 41.8 Å². The van der Waals surface area contributed by atoms with Crippen LogP contribution in [0.1, 0.15) is 36.7 Å². The zero-order valence-electron chi connectivity index (χ0n) is 14.2. The summed E-state index contributed by atoms with van der Waals surface area (Å²) >= 11 is 0. The molecule has 2 heterocycles. The third kappa shape index (κ3) is 3.18. The molecule has 3 rings (SSSR count). The molecule has 2 atom stereocenters. The van der Waals surface area contributed by atoms with E-state index in [1.165, 1.54) is 18.6 Å². The second-order valence-corrected chi connectivity index (χ2v) is 6.26. The summed E-state index contributed by atoms with van der Waals surface area (Å²) in [6.07, 6.45) is 5.28. The van der Waals surface area contributed by atoms with Crippen LogP contribution < -0.4 is 10.1 Å². The van der Waals surface area contributed by atoms with E-state index < -0.39 is 17.7 Å². The van der Waals surface area contributed by atoms with E-state index in [4.69, 9.17) is 10.00 Å². The number of aliphatic hydroxyl groups is 1. The number of nitrogens with one attached hydrogen (secondary N) is 1. The van der Waals surface area contributed by atoms with E-state index in [0.717, 1.165) is 0 Å². The summed E-state index contributed by atoms with van der Waals surface area (Å²) in [7, 11) is 0. The Hall–Kier alpha value is -3.49. The van der Waals surface area contributed by atoms with Gasteiger partial charge in [-0.25, -0.2) is 4.98 Å². The Morgan fingerprint density at radius 1 is 1.35 bits per heavy atom. The third-order valence-electron chi connectivity index (χ3n) is 4.09. The Kier molecular flexibility index (Phi) is 4.53. The molecule has 26 heavy (non-hydrogen) atoms. The molecule has 8 nitrogen and oxygen atoms in total. The van der Waals surface area contributed by atoms with Gasteiger partial charge in [0.15, 0.2) is 12.0 Å². The molecule has 0 saturated heterocycles. The van der Waals surface area contributed by atoms with E-state index in [2.05, 4.69) is 26.3 Å². The maximum Gasteiger partial charge on any atom is 0.182 e. The van der Waals surface area contributed by atoms with Crippen molar-refractivity contribution in [2.45, 2.75) is 31.6 Å². The molecule has 8 heteroatoms. The van der Waals surface area contributed by atoms with E-state index in [9.17, 15) is 10.4 Å². The number of aromatic nitrogens is 2.